The van der Waals surface area contributed by atoms with E-state index in [1.54, 1.807) is 6.08 Å². The van der Waals surface area contributed by atoms with E-state index < -0.39 is 67.4 Å². The Bertz CT molecular complexity index is 1350. The van der Waals surface area contributed by atoms with Crippen LogP contribution in [0.4, 0.5) is 0 Å². The lowest BCUT2D eigenvalue weighted by Gasteiger charge is -2.41. The molecule has 6 N–H and O–H groups in total. The van der Waals surface area contributed by atoms with Gasteiger partial charge in [-0.1, -0.05) is 216 Å². The molecule has 1 fully saturated rings. The molecular formula is C58H103NO10. The van der Waals surface area contributed by atoms with Crippen molar-refractivity contribution in [3.05, 3.63) is 60.8 Å². The second-order valence-corrected chi connectivity index (χ2v) is 19.3. The molecule has 400 valence electrons. The summed E-state index contributed by atoms with van der Waals surface area (Å²) in [5.41, 5.74) is 0. The second-order valence-electron chi connectivity index (χ2n) is 19.3. The van der Waals surface area contributed by atoms with Gasteiger partial charge < -0.3 is 45.1 Å². The normalized spacial score (nSPS) is 20.3. The smallest absolute Gasteiger partial charge is 0.306 e. The number of ether oxygens (including phenoxy) is 3. The SMILES string of the molecule is CC/C=C/C=C/C=C\CCCCCCC(O)C(=O)NC(COC1OC(CO)C(O)C(O)C1OC(=O)CCCCCCCCC/C=C/CCCCCCCC)C(O)/C=C/CCCCCCCCCCC. The molecule has 11 heteroatoms. The number of hydrogen-bond acceptors (Lipinski definition) is 10. The van der Waals surface area contributed by atoms with Gasteiger partial charge in [-0.3, -0.25) is 9.59 Å². The fourth-order valence-corrected chi connectivity index (χ4v) is 8.47. The Morgan fingerprint density at radius 2 is 1.06 bits per heavy atom. The maximum absolute atomic E-state index is 13.3. The summed E-state index contributed by atoms with van der Waals surface area (Å²) in [5, 5.41) is 56.7. The van der Waals surface area contributed by atoms with Crippen LogP contribution in [-0.2, 0) is 23.8 Å². The fraction of sp³-hybridized carbons (Fsp3) is 0.793. The molecule has 0 aromatic carbocycles. The van der Waals surface area contributed by atoms with Crippen LogP contribution in [0.3, 0.4) is 0 Å². The van der Waals surface area contributed by atoms with E-state index in [0.29, 0.717) is 12.8 Å². The van der Waals surface area contributed by atoms with Crippen LogP contribution in [-0.4, -0.2) is 99.6 Å². The zero-order chi connectivity index (χ0) is 50.4. The average molecular weight is 974 g/mol. The lowest BCUT2D eigenvalue weighted by Crippen LogP contribution is -2.61. The molecule has 8 unspecified atom stereocenters. The van der Waals surface area contributed by atoms with Gasteiger partial charge in [0.1, 0.15) is 24.4 Å². The highest BCUT2D eigenvalue weighted by atomic mass is 16.7. The zero-order valence-corrected chi connectivity index (χ0v) is 43.9. The van der Waals surface area contributed by atoms with Crippen molar-refractivity contribution in [2.45, 2.75) is 282 Å². The van der Waals surface area contributed by atoms with E-state index in [1.165, 1.54) is 103 Å². The molecule has 11 nitrogen and oxygen atoms in total. The van der Waals surface area contributed by atoms with Crippen LogP contribution >= 0.6 is 0 Å². The molecule has 0 bridgehead atoms. The van der Waals surface area contributed by atoms with Crippen LogP contribution in [0.5, 0.6) is 0 Å². The first-order chi connectivity index (χ1) is 33.7. The van der Waals surface area contributed by atoms with Crippen LogP contribution < -0.4 is 5.32 Å². The number of aliphatic hydroxyl groups is 5. The summed E-state index contributed by atoms with van der Waals surface area (Å²) in [6.45, 7) is 5.61. The summed E-state index contributed by atoms with van der Waals surface area (Å²) in [6.07, 6.45) is 45.6. The number of hydrogen-bond donors (Lipinski definition) is 6. The van der Waals surface area contributed by atoms with Crippen molar-refractivity contribution in [3.8, 4) is 0 Å². The Morgan fingerprint density at radius 1 is 0.580 bits per heavy atom. The Morgan fingerprint density at radius 3 is 1.59 bits per heavy atom. The number of unbranched alkanes of at least 4 members (excludes halogenated alkanes) is 26. The van der Waals surface area contributed by atoms with Crippen molar-refractivity contribution in [2.75, 3.05) is 13.2 Å². The highest BCUT2D eigenvalue weighted by Gasteiger charge is 2.47. The Balaban J connectivity index is 2.73. The molecule has 1 aliphatic heterocycles. The van der Waals surface area contributed by atoms with Gasteiger partial charge in [0.25, 0.3) is 0 Å². The Kier molecular flexibility index (Phi) is 43.3. The molecule has 0 aliphatic carbocycles. The highest BCUT2D eigenvalue weighted by Crippen LogP contribution is 2.26. The standard InChI is InChI=1S/C58H103NO10/c1-4-7-10-13-16-19-22-24-25-26-27-28-31-34-37-40-43-46-53(63)69-56-55(65)54(64)52(47-60)68-58(56)67-48-49(50(61)44-41-38-35-32-29-21-18-15-12-9-6-3)59-57(66)51(62)45-42-39-36-33-30-23-20-17-14-11-8-5-2/h8,11,14,17,20,23-25,41,44,49-52,54-56,58,60-62,64-65H,4-7,9-10,12-13,15-16,18-19,21-22,26-40,42-43,45-48H2,1-3H3,(H,59,66)/b11-8+,17-14+,23-20-,25-24+,44-41+. The van der Waals surface area contributed by atoms with Gasteiger partial charge in [-0.05, 0) is 70.6 Å². The van der Waals surface area contributed by atoms with Crippen LogP contribution in [0, 0.1) is 0 Å². The van der Waals surface area contributed by atoms with E-state index in [2.05, 4.69) is 50.4 Å². The van der Waals surface area contributed by atoms with Gasteiger partial charge in [-0.2, -0.15) is 0 Å². The predicted molar refractivity (Wildman–Crippen MR) is 283 cm³/mol. The van der Waals surface area contributed by atoms with Crippen LogP contribution in [0.1, 0.15) is 233 Å². The summed E-state index contributed by atoms with van der Waals surface area (Å²) in [5.74, 6) is -1.22. The molecule has 0 aromatic heterocycles. The average Bonchev–Trinajstić information content (AvgIpc) is 3.34. The van der Waals surface area contributed by atoms with Crippen molar-refractivity contribution in [1.82, 2.24) is 5.32 Å². The molecule has 1 heterocycles. The van der Waals surface area contributed by atoms with Gasteiger partial charge in [0.05, 0.1) is 25.4 Å². The molecule has 0 spiro atoms. The lowest BCUT2D eigenvalue weighted by molar-refractivity contribution is -0.305. The first-order valence-corrected chi connectivity index (χ1v) is 28.1. The Labute approximate surface area is 420 Å². The Hall–Kier alpha value is -2.64. The molecule has 8 atom stereocenters. The minimum atomic E-state index is -1.62. The first kappa shape index (κ1) is 64.4. The van der Waals surface area contributed by atoms with E-state index in [9.17, 15) is 35.1 Å². The molecular weight excluding hydrogens is 871 g/mol. The number of rotatable bonds is 46. The quantitative estimate of drug-likeness (QED) is 0.0149. The van der Waals surface area contributed by atoms with Gasteiger partial charge in [0, 0.05) is 6.42 Å². The molecule has 0 saturated carbocycles. The molecule has 1 aliphatic rings. The minimum Gasteiger partial charge on any atom is -0.454 e. The summed E-state index contributed by atoms with van der Waals surface area (Å²) in [4.78, 5) is 26.4. The van der Waals surface area contributed by atoms with Crippen LogP contribution in [0.25, 0.3) is 0 Å². The van der Waals surface area contributed by atoms with E-state index in [4.69, 9.17) is 14.2 Å². The molecule has 0 aromatic rings. The highest BCUT2D eigenvalue weighted by molar-refractivity contribution is 5.80. The predicted octanol–water partition coefficient (Wildman–Crippen LogP) is 12.3. The summed E-state index contributed by atoms with van der Waals surface area (Å²) in [7, 11) is 0. The maximum Gasteiger partial charge on any atom is 0.306 e. The number of esters is 1. The maximum atomic E-state index is 13.3. The third kappa shape index (κ3) is 35.2. The molecule has 0 radical (unpaired) electrons. The number of amides is 1. The topological polar surface area (TPSA) is 175 Å². The second kappa shape index (κ2) is 46.4. The molecule has 69 heavy (non-hydrogen) atoms. The van der Waals surface area contributed by atoms with Crippen molar-refractivity contribution < 1.29 is 49.3 Å². The summed E-state index contributed by atoms with van der Waals surface area (Å²) in [6, 6.07) is -1.03. The van der Waals surface area contributed by atoms with Crippen LogP contribution in [0.15, 0.2) is 60.8 Å². The zero-order valence-electron chi connectivity index (χ0n) is 43.9. The molecule has 1 amide bonds. The van der Waals surface area contributed by atoms with Gasteiger partial charge in [0.2, 0.25) is 5.91 Å². The van der Waals surface area contributed by atoms with E-state index in [-0.39, 0.29) is 19.4 Å². The number of carbonyl (C=O) groups is 2. The third-order valence-electron chi connectivity index (χ3n) is 13.0. The number of allylic oxidation sites excluding steroid dienone is 9. The number of nitrogens with one attached hydrogen (secondary N) is 1. The van der Waals surface area contributed by atoms with Crippen LogP contribution in [0.2, 0.25) is 0 Å². The van der Waals surface area contributed by atoms with Crippen molar-refractivity contribution in [2.24, 2.45) is 0 Å². The van der Waals surface area contributed by atoms with E-state index >= 15 is 0 Å². The largest absolute Gasteiger partial charge is 0.454 e. The van der Waals surface area contributed by atoms with E-state index in [0.717, 1.165) is 83.5 Å². The van der Waals surface area contributed by atoms with Crippen molar-refractivity contribution in [3.63, 3.8) is 0 Å². The van der Waals surface area contributed by atoms with Crippen molar-refractivity contribution >= 4 is 11.9 Å². The van der Waals surface area contributed by atoms with Gasteiger partial charge in [0.15, 0.2) is 12.4 Å². The number of aliphatic hydroxyl groups excluding tert-OH is 5. The minimum absolute atomic E-state index is 0.115. The van der Waals surface area contributed by atoms with Gasteiger partial charge in [-0.15, -0.1) is 0 Å². The fourth-order valence-electron chi connectivity index (χ4n) is 8.47. The monoisotopic (exact) mass is 974 g/mol. The molecule has 1 rings (SSSR count). The lowest BCUT2D eigenvalue weighted by atomic mass is 9.99. The summed E-state index contributed by atoms with van der Waals surface area (Å²) >= 11 is 0. The summed E-state index contributed by atoms with van der Waals surface area (Å²) < 4.78 is 17.5. The number of carbonyl (C=O) groups excluding carboxylic acids is 2. The first-order valence-electron chi connectivity index (χ1n) is 28.1. The third-order valence-corrected chi connectivity index (χ3v) is 13.0. The van der Waals surface area contributed by atoms with Gasteiger partial charge >= 0.3 is 5.97 Å². The van der Waals surface area contributed by atoms with E-state index in [1.807, 2.05) is 30.4 Å². The van der Waals surface area contributed by atoms with Gasteiger partial charge in [-0.25, -0.2) is 0 Å². The van der Waals surface area contributed by atoms with Crippen molar-refractivity contribution in [1.29, 1.82) is 0 Å². The molecule has 1 saturated heterocycles.